The Hall–Kier alpha value is -1.94. The molecule has 5 heteroatoms. The number of nitrogens with two attached hydrogens (primary N) is 1. The fraction of sp³-hybridized carbons (Fsp3) is 0.353. The van der Waals surface area contributed by atoms with Crippen LogP contribution < -0.4 is 16.0 Å². The summed E-state index contributed by atoms with van der Waals surface area (Å²) in [6.07, 6.45) is 4.99. The number of rotatable bonds is 7. The zero-order valence-electron chi connectivity index (χ0n) is 12.7. The van der Waals surface area contributed by atoms with Crippen LogP contribution in [0.4, 0.5) is 5.69 Å². The Kier molecular flexibility index (Phi) is 5.90. The molecule has 0 spiro atoms. The second-order valence-corrected chi connectivity index (χ2v) is 5.58. The van der Waals surface area contributed by atoms with E-state index in [0.29, 0.717) is 29.6 Å². The molecular formula is C17H21ClN2O2. The van der Waals surface area contributed by atoms with Crippen LogP contribution >= 0.6 is 11.6 Å². The van der Waals surface area contributed by atoms with Crippen molar-refractivity contribution in [2.24, 2.45) is 0 Å². The lowest BCUT2D eigenvalue weighted by Crippen LogP contribution is -2.19. The minimum absolute atomic E-state index is 0.119. The largest absolute Gasteiger partial charge is 0.493 e. The van der Waals surface area contributed by atoms with Crippen molar-refractivity contribution >= 4 is 17.3 Å². The minimum atomic E-state index is -0.119. The van der Waals surface area contributed by atoms with Crippen molar-refractivity contribution in [3.63, 3.8) is 0 Å². The number of anilines is 1. The maximum absolute atomic E-state index is 12.1. The van der Waals surface area contributed by atoms with Gasteiger partial charge in [0.25, 0.3) is 5.56 Å². The summed E-state index contributed by atoms with van der Waals surface area (Å²) in [6, 6.07) is 8.73. The number of nitrogen functional groups attached to an aromatic ring is 1. The van der Waals surface area contributed by atoms with Crippen molar-refractivity contribution in [1.29, 1.82) is 0 Å². The van der Waals surface area contributed by atoms with E-state index in [1.807, 2.05) is 12.1 Å². The molecule has 2 rings (SSSR count). The van der Waals surface area contributed by atoms with Crippen LogP contribution in [0.1, 0.15) is 31.7 Å². The molecular weight excluding hydrogens is 300 g/mol. The highest BCUT2D eigenvalue weighted by Crippen LogP contribution is 2.23. The third-order valence-corrected chi connectivity index (χ3v) is 3.89. The van der Waals surface area contributed by atoms with E-state index in [1.54, 1.807) is 22.9 Å². The second-order valence-electron chi connectivity index (χ2n) is 5.20. The molecule has 0 aliphatic heterocycles. The fourth-order valence-corrected chi connectivity index (χ4v) is 2.34. The van der Waals surface area contributed by atoms with Crippen LogP contribution in [0.25, 0.3) is 0 Å². The molecule has 1 aromatic carbocycles. The van der Waals surface area contributed by atoms with E-state index in [2.05, 4.69) is 6.92 Å². The van der Waals surface area contributed by atoms with Crippen LogP contribution in [-0.2, 0) is 6.54 Å². The lowest BCUT2D eigenvalue weighted by atomic mass is 10.2. The Morgan fingerprint density at radius 1 is 1.27 bits per heavy atom. The number of benzene rings is 1. The number of hydrogen-bond donors (Lipinski definition) is 1. The van der Waals surface area contributed by atoms with Crippen molar-refractivity contribution in [3.05, 3.63) is 57.5 Å². The first kappa shape index (κ1) is 16.4. The number of pyridine rings is 1. The Morgan fingerprint density at radius 3 is 2.82 bits per heavy atom. The standard InChI is InChI=1S/C17H21ClN2O2/c1-2-3-4-10-22-14-8-9-20(16(21)11-14)12-13-6-5-7-15(19)17(13)18/h5-9,11H,2-4,10,12,19H2,1H3. The van der Waals surface area contributed by atoms with Crippen LogP contribution in [0.3, 0.4) is 0 Å². The van der Waals surface area contributed by atoms with Crippen molar-refractivity contribution in [2.75, 3.05) is 12.3 Å². The van der Waals surface area contributed by atoms with E-state index in [4.69, 9.17) is 22.1 Å². The smallest absolute Gasteiger partial charge is 0.254 e. The summed E-state index contributed by atoms with van der Waals surface area (Å²) in [4.78, 5) is 12.1. The van der Waals surface area contributed by atoms with Gasteiger partial charge in [0, 0.05) is 12.3 Å². The Morgan fingerprint density at radius 2 is 2.09 bits per heavy atom. The minimum Gasteiger partial charge on any atom is -0.493 e. The van der Waals surface area contributed by atoms with Crippen molar-refractivity contribution in [2.45, 2.75) is 32.7 Å². The van der Waals surface area contributed by atoms with Gasteiger partial charge in [0.1, 0.15) is 5.75 Å². The molecule has 22 heavy (non-hydrogen) atoms. The van der Waals surface area contributed by atoms with Gasteiger partial charge in [-0.3, -0.25) is 4.79 Å². The Labute approximate surface area is 135 Å². The number of halogens is 1. The highest BCUT2D eigenvalue weighted by atomic mass is 35.5. The lowest BCUT2D eigenvalue weighted by molar-refractivity contribution is 0.305. The first-order valence-corrected chi connectivity index (χ1v) is 7.85. The molecule has 0 unspecified atom stereocenters. The van der Waals surface area contributed by atoms with Gasteiger partial charge in [0.05, 0.1) is 23.9 Å². The summed E-state index contributed by atoms with van der Waals surface area (Å²) in [5.74, 6) is 0.607. The molecule has 0 atom stereocenters. The predicted octanol–water partition coefficient (Wildman–Crippen LogP) is 3.70. The van der Waals surface area contributed by atoms with Gasteiger partial charge < -0.3 is 15.0 Å². The molecule has 118 valence electrons. The zero-order chi connectivity index (χ0) is 15.9. The summed E-state index contributed by atoms with van der Waals surface area (Å²) >= 11 is 6.16. The van der Waals surface area contributed by atoms with Gasteiger partial charge in [0.2, 0.25) is 0 Å². The van der Waals surface area contributed by atoms with Gasteiger partial charge in [0.15, 0.2) is 0 Å². The summed E-state index contributed by atoms with van der Waals surface area (Å²) in [5.41, 5.74) is 6.99. The molecule has 0 saturated carbocycles. The van der Waals surface area contributed by atoms with E-state index in [-0.39, 0.29) is 5.56 Å². The molecule has 1 aromatic heterocycles. The average molecular weight is 321 g/mol. The van der Waals surface area contributed by atoms with Crippen molar-refractivity contribution in [3.8, 4) is 5.75 Å². The SMILES string of the molecule is CCCCCOc1ccn(Cc2cccc(N)c2Cl)c(=O)c1. The predicted molar refractivity (Wildman–Crippen MR) is 90.7 cm³/mol. The average Bonchev–Trinajstić information content (AvgIpc) is 2.51. The van der Waals surface area contributed by atoms with Crippen molar-refractivity contribution < 1.29 is 4.74 Å². The van der Waals surface area contributed by atoms with E-state index in [9.17, 15) is 4.79 Å². The Balaban J connectivity index is 2.07. The number of nitrogens with zero attached hydrogens (tertiary/aromatic N) is 1. The molecule has 1 heterocycles. The first-order chi connectivity index (χ1) is 10.6. The van der Waals surface area contributed by atoms with Gasteiger partial charge in [-0.1, -0.05) is 43.5 Å². The summed E-state index contributed by atoms with van der Waals surface area (Å²) in [6.45, 7) is 3.17. The molecule has 2 aromatic rings. The third kappa shape index (κ3) is 4.28. The number of hydrogen-bond acceptors (Lipinski definition) is 3. The topological polar surface area (TPSA) is 57.2 Å². The summed E-state index contributed by atoms with van der Waals surface area (Å²) in [5, 5.41) is 0.495. The van der Waals surface area contributed by atoms with Gasteiger partial charge in [-0.2, -0.15) is 0 Å². The van der Waals surface area contributed by atoms with Crippen LogP contribution in [0, 0.1) is 0 Å². The van der Waals surface area contributed by atoms with Gasteiger partial charge in [-0.25, -0.2) is 0 Å². The molecule has 0 aliphatic rings. The molecule has 4 nitrogen and oxygen atoms in total. The van der Waals surface area contributed by atoms with Gasteiger partial charge in [-0.15, -0.1) is 0 Å². The highest BCUT2D eigenvalue weighted by molar-refractivity contribution is 6.33. The molecule has 0 radical (unpaired) electrons. The lowest BCUT2D eigenvalue weighted by Gasteiger charge is -2.10. The van der Waals surface area contributed by atoms with Crippen LogP contribution in [-0.4, -0.2) is 11.2 Å². The molecule has 0 saturated heterocycles. The normalized spacial score (nSPS) is 10.6. The highest BCUT2D eigenvalue weighted by Gasteiger charge is 2.06. The first-order valence-electron chi connectivity index (χ1n) is 7.48. The molecule has 0 amide bonds. The van der Waals surface area contributed by atoms with Crippen molar-refractivity contribution in [1.82, 2.24) is 4.57 Å². The summed E-state index contributed by atoms with van der Waals surface area (Å²) in [7, 11) is 0. The zero-order valence-corrected chi connectivity index (χ0v) is 13.5. The maximum Gasteiger partial charge on any atom is 0.254 e. The monoisotopic (exact) mass is 320 g/mol. The van der Waals surface area contributed by atoms with Gasteiger partial charge >= 0.3 is 0 Å². The van der Waals surface area contributed by atoms with E-state index < -0.39 is 0 Å². The van der Waals surface area contributed by atoms with E-state index >= 15 is 0 Å². The molecule has 0 bridgehead atoms. The van der Waals surface area contributed by atoms with Crippen LogP contribution in [0.2, 0.25) is 5.02 Å². The maximum atomic E-state index is 12.1. The van der Waals surface area contributed by atoms with Crippen LogP contribution in [0.15, 0.2) is 41.3 Å². The Bertz CT molecular complexity index is 683. The van der Waals surface area contributed by atoms with E-state index in [0.717, 1.165) is 24.8 Å². The molecule has 2 N–H and O–H groups in total. The van der Waals surface area contributed by atoms with Crippen LogP contribution in [0.5, 0.6) is 5.75 Å². The summed E-state index contributed by atoms with van der Waals surface area (Å²) < 4.78 is 7.16. The molecule has 0 aliphatic carbocycles. The fourth-order valence-electron chi connectivity index (χ4n) is 2.16. The quantitative estimate of drug-likeness (QED) is 0.625. The number of ether oxygens (including phenoxy) is 1. The second kappa shape index (κ2) is 7.90. The molecule has 0 fully saturated rings. The number of aromatic nitrogens is 1. The van der Waals surface area contributed by atoms with E-state index in [1.165, 1.54) is 6.07 Å². The number of unbranched alkanes of at least 4 members (excludes halogenated alkanes) is 2. The van der Waals surface area contributed by atoms with Gasteiger partial charge in [-0.05, 0) is 24.1 Å². The third-order valence-electron chi connectivity index (χ3n) is 3.43.